The third kappa shape index (κ3) is 13.2. The summed E-state index contributed by atoms with van der Waals surface area (Å²) in [4.78, 5) is 36.8. The van der Waals surface area contributed by atoms with Crippen LogP contribution in [0.4, 0.5) is 10.5 Å². The highest BCUT2D eigenvalue weighted by Gasteiger charge is 2.53. The molecule has 5 N–H and O–H groups in total. The molecule has 0 aliphatic carbocycles. The Bertz CT molecular complexity index is 1920. The minimum atomic E-state index is -1.84. The summed E-state index contributed by atoms with van der Waals surface area (Å²) in [6, 6.07) is 2.45. The van der Waals surface area contributed by atoms with Crippen LogP contribution in [0.2, 0.25) is 0 Å². The molecule has 0 saturated carbocycles. The number of aliphatic hydroxyl groups excluding tert-OH is 3. The number of aromatic nitrogens is 1. The molecule has 0 spiro atoms. The zero-order valence-electron chi connectivity index (χ0n) is 44.2. The molecule has 20 atom stereocenters. The summed E-state index contributed by atoms with van der Waals surface area (Å²) in [5, 5.41) is 70.4. The lowest BCUT2D eigenvalue weighted by atomic mass is 9.77. The van der Waals surface area contributed by atoms with Gasteiger partial charge in [-0.05, 0) is 106 Å². The van der Waals surface area contributed by atoms with Crippen molar-refractivity contribution < 1.29 is 68.3 Å². The van der Waals surface area contributed by atoms with Crippen LogP contribution in [0.15, 0.2) is 34.9 Å². The molecule has 404 valence electrons. The fourth-order valence-electron chi connectivity index (χ4n) is 11.5. The van der Waals surface area contributed by atoms with Crippen LogP contribution >= 0.6 is 0 Å². The fourth-order valence-corrected chi connectivity index (χ4v) is 11.5. The highest BCUT2D eigenvalue weighted by Crippen LogP contribution is 2.40. The van der Waals surface area contributed by atoms with Crippen molar-refractivity contribution in [1.82, 2.24) is 19.8 Å². The molecular formula is C50H85N7O14. The van der Waals surface area contributed by atoms with Crippen LogP contribution in [-0.2, 0) is 38.0 Å². The second kappa shape index (κ2) is 23.6. The molecule has 21 nitrogen and oxygen atoms in total. The van der Waals surface area contributed by atoms with E-state index >= 15 is 0 Å². The van der Waals surface area contributed by atoms with E-state index in [1.807, 2.05) is 50.8 Å². The summed E-state index contributed by atoms with van der Waals surface area (Å²) >= 11 is 0. The molecule has 71 heavy (non-hydrogen) atoms. The first-order chi connectivity index (χ1) is 33.3. The first-order valence-electron chi connectivity index (χ1n) is 25.6. The number of rotatable bonds is 13. The number of anilines is 1. The molecule has 1 amide bonds. The van der Waals surface area contributed by atoms with E-state index < -0.39 is 114 Å². The van der Waals surface area contributed by atoms with Crippen molar-refractivity contribution in [3.05, 3.63) is 24.5 Å². The van der Waals surface area contributed by atoms with Gasteiger partial charge in [-0.3, -0.25) is 19.7 Å². The van der Waals surface area contributed by atoms with Gasteiger partial charge in [0.25, 0.3) is 0 Å². The number of ether oxygens (including phenoxy) is 7. The number of amides is 1. The van der Waals surface area contributed by atoms with Crippen LogP contribution in [0, 0.1) is 17.8 Å². The normalized spacial score (nSPS) is 43.6. The molecule has 0 bridgehead atoms. The molecule has 5 aliphatic heterocycles. The van der Waals surface area contributed by atoms with Gasteiger partial charge in [-0.15, -0.1) is 0 Å². The quantitative estimate of drug-likeness (QED) is 0.178. The van der Waals surface area contributed by atoms with Crippen molar-refractivity contribution in [3.8, 4) is 0 Å². The molecule has 6 rings (SSSR count). The monoisotopic (exact) mass is 1010 g/mol. The van der Waals surface area contributed by atoms with Gasteiger partial charge in [0.2, 0.25) is 0 Å². The van der Waals surface area contributed by atoms with E-state index in [0.717, 1.165) is 0 Å². The molecular weight excluding hydrogens is 923 g/mol. The van der Waals surface area contributed by atoms with Crippen LogP contribution < -0.4 is 4.90 Å². The first kappa shape index (κ1) is 57.1. The molecule has 6 heterocycles. The number of esters is 1. The lowest BCUT2D eigenvalue weighted by Gasteiger charge is -2.49. The van der Waals surface area contributed by atoms with Gasteiger partial charge in [-0.1, -0.05) is 26.0 Å². The first-order valence-corrected chi connectivity index (χ1v) is 25.6. The van der Waals surface area contributed by atoms with E-state index in [9.17, 15) is 35.1 Å². The smallest absolute Gasteiger partial charge is 0.414 e. The number of cyclic esters (lactones) is 2. The topological polar surface area (TPSA) is 250 Å². The maximum absolute atomic E-state index is 14.5. The Hall–Kier alpha value is -3.19. The van der Waals surface area contributed by atoms with E-state index in [0.29, 0.717) is 51.3 Å². The van der Waals surface area contributed by atoms with E-state index in [1.165, 1.54) is 14.0 Å². The van der Waals surface area contributed by atoms with Gasteiger partial charge in [0.15, 0.2) is 12.6 Å². The number of likely N-dealkylation sites (N-methyl/N-ethyl adjacent to an activating group) is 2. The molecule has 1 unspecified atom stereocenters. The molecule has 1 aromatic rings. The summed E-state index contributed by atoms with van der Waals surface area (Å²) in [6.45, 7) is 19.8. The molecule has 21 heteroatoms. The molecule has 4 saturated heterocycles. The van der Waals surface area contributed by atoms with Gasteiger partial charge >= 0.3 is 12.1 Å². The Morgan fingerprint density at radius 3 is 2.32 bits per heavy atom. The third-order valence-corrected chi connectivity index (χ3v) is 15.9. The summed E-state index contributed by atoms with van der Waals surface area (Å²) in [7, 11) is 5.27. The van der Waals surface area contributed by atoms with Gasteiger partial charge in [0.05, 0.1) is 79.1 Å². The van der Waals surface area contributed by atoms with Crippen molar-refractivity contribution in [1.29, 1.82) is 0 Å². The lowest BCUT2D eigenvalue weighted by molar-refractivity contribution is -0.318. The predicted octanol–water partition coefficient (Wildman–Crippen LogP) is 3.13. The molecule has 0 radical (unpaired) electrons. The van der Waals surface area contributed by atoms with Crippen LogP contribution in [0.5, 0.6) is 0 Å². The standard InChI is InChI=1S/C50H85N7O14/c1-14-38-50(10,64)42(59)32(6)55(12)24-28(2)21-48(8,63)44(30(4)41(31(5)45(61)69-38)70-39-22-49(9,65-13)43(60)33(7)67-39)71-46-40(58)37(20-29(3)66-46)54(11)19-17-34-25-56(53-52-34)26-36-27-57(47(62)68-36)35-16-15-18-51-23-35/h15-16,18,23,28-34,36-44,46,58-60,63-64H,14,17,19-22,24-27H2,1-13H3/t28-,29-,30+,31-,32-,33+,34?,36+,37+,38-,39+,40-,41+,42-,43+,44-,46+,48-,49-,50-/m1/s1. The molecule has 0 aromatic carbocycles. The number of aliphatic hydroxyl groups is 5. The van der Waals surface area contributed by atoms with Gasteiger partial charge in [-0.2, -0.15) is 5.11 Å². The van der Waals surface area contributed by atoms with Gasteiger partial charge < -0.3 is 68.5 Å². The van der Waals surface area contributed by atoms with Crippen molar-refractivity contribution in [2.45, 2.75) is 204 Å². The zero-order valence-corrected chi connectivity index (χ0v) is 44.2. The third-order valence-electron chi connectivity index (χ3n) is 15.9. The van der Waals surface area contributed by atoms with E-state index in [1.54, 1.807) is 64.9 Å². The van der Waals surface area contributed by atoms with Gasteiger partial charge in [0, 0.05) is 50.8 Å². The van der Waals surface area contributed by atoms with Gasteiger partial charge in [-0.25, -0.2) is 4.79 Å². The van der Waals surface area contributed by atoms with E-state index in [4.69, 9.17) is 33.2 Å². The van der Waals surface area contributed by atoms with Crippen molar-refractivity contribution in [2.24, 2.45) is 28.1 Å². The summed E-state index contributed by atoms with van der Waals surface area (Å²) < 4.78 is 43.9. The minimum Gasteiger partial charge on any atom is -0.459 e. The Labute approximate surface area is 420 Å². The van der Waals surface area contributed by atoms with Crippen LogP contribution in [0.25, 0.3) is 0 Å². The Morgan fingerprint density at radius 2 is 1.66 bits per heavy atom. The molecule has 1 aromatic heterocycles. The second-order valence-corrected chi connectivity index (χ2v) is 22.0. The van der Waals surface area contributed by atoms with Crippen LogP contribution in [0.1, 0.15) is 101 Å². The Kier molecular flexibility index (Phi) is 18.9. The van der Waals surface area contributed by atoms with Crippen LogP contribution in [-0.4, -0.2) is 214 Å². The number of nitrogens with zero attached hydrogens (tertiary/aromatic N) is 7. The molecule has 5 aliphatic rings. The van der Waals surface area contributed by atoms with Gasteiger partial charge in [0.1, 0.15) is 36.1 Å². The number of carbonyl (C=O) groups is 2. The SMILES string of the molecule is CC[C@H]1OC(=O)[C@H](C)[C@@H](O[C@H]2C[C@@](C)(OC)[C@@H](O)[C@H](C)O2)[C@H](C)[C@@H](O[C@@H]2O[C@H](C)C[C@H](N(C)CCC3CN(C[C@H]4CN(c5cccnc5)C(=O)O4)N=N3)[C@H]2O)[C@](C)(O)C[C@@H](C)CN(C)[C@H](C)[C@@H](O)[C@]1(C)O. The summed E-state index contributed by atoms with van der Waals surface area (Å²) in [5.41, 5.74) is -3.88. The average Bonchev–Trinajstić information content (AvgIpc) is 3.94. The minimum absolute atomic E-state index is 0.0967. The fraction of sp³-hybridized carbons (Fsp3) is 0.860. The summed E-state index contributed by atoms with van der Waals surface area (Å²) in [6.07, 6.45) is -6.04. The van der Waals surface area contributed by atoms with Crippen molar-refractivity contribution in [2.75, 3.05) is 58.8 Å². The maximum Gasteiger partial charge on any atom is 0.414 e. The largest absolute Gasteiger partial charge is 0.459 e. The zero-order chi connectivity index (χ0) is 52.3. The Morgan fingerprint density at radius 1 is 0.944 bits per heavy atom. The number of hydrogen-bond acceptors (Lipinski definition) is 20. The van der Waals surface area contributed by atoms with E-state index in [2.05, 4.69) is 20.2 Å². The highest BCUT2D eigenvalue weighted by atomic mass is 16.7. The average molecular weight is 1010 g/mol. The number of hydrogen-bond donors (Lipinski definition) is 5. The van der Waals surface area contributed by atoms with Crippen molar-refractivity contribution >= 4 is 17.7 Å². The lowest BCUT2D eigenvalue weighted by Crippen LogP contribution is -2.61. The number of carbonyl (C=O) groups excluding carboxylic acids is 2. The number of pyridine rings is 1. The second-order valence-electron chi connectivity index (χ2n) is 22.0. The highest BCUT2D eigenvalue weighted by molar-refractivity contribution is 5.89. The van der Waals surface area contributed by atoms with Crippen LogP contribution in [0.3, 0.4) is 0 Å². The Balaban J connectivity index is 1.22. The molecule has 4 fully saturated rings. The predicted molar refractivity (Wildman–Crippen MR) is 260 cm³/mol. The maximum atomic E-state index is 14.5. The van der Waals surface area contributed by atoms with Crippen molar-refractivity contribution in [3.63, 3.8) is 0 Å². The summed E-state index contributed by atoms with van der Waals surface area (Å²) in [5.74, 6) is -2.80. The van der Waals surface area contributed by atoms with E-state index in [-0.39, 0.29) is 37.3 Å². The number of methoxy groups -OCH3 is 1.